The quantitative estimate of drug-likeness (QED) is 0.834. The number of hydrogen-bond acceptors (Lipinski definition) is 3. The van der Waals surface area contributed by atoms with Gasteiger partial charge in [0, 0.05) is 11.7 Å². The fraction of sp³-hybridized carbons (Fsp3) is 0.250. The van der Waals surface area contributed by atoms with Crippen molar-refractivity contribution in [3.05, 3.63) is 59.7 Å². The molecule has 112 valence electrons. The first-order valence-electron chi connectivity index (χ1n) is 6.89. The number of benzene rings is 2. The van der Waals surface area contributed by atoms with Gasteiger partial charge in [0.1, 0.15) is 0 Å². The summed E-state index contributed by atoms with van der Waals surface area (Å²) in [5.74, 6) is 0. The summed E-state index contributed by atoms with van der Waals surface area (Å²) >= 11 is 0. The Hall–Kier alpha value is -1.85. The number of nitrogens with one attached hydrogen (secondary N) is 1. The molecule has 0 fully saturated rings. The summed E-state index contributed by atoms with van der Waals surface area (Å²) in [6, 6.07) is 14.2. The van der Waals surface area contributed by atoms with Crippen molar-refractivity contribution in [3.8, 4) is 0 Å². The van der Waals surface area contributed by atoms with Crippen LogP contribution in [-0.2, 0) is 16.4 Å². The normalized spacial score (nSPS) is 13.0. The SMILES string of the molecule is CCc1ccc(N)cc1S(=O)(=O)N[C@H](C)c1ccccc1. The molecule has 0 unspecified atom stereocenters. The van der Waals surface area contributed by atoms with Gasteiger partial charge in [-0.05, 0) is 36.6 Å². The number of rotatable bonds is 5. The van der Waals surface area contributed by atoms with Crippen molar-refractivity contribution in [2.75, 3.05) is 5.73 Å². The molecule has 0 saturated carbocycles. The van der Waals surface area contributed by atoms with E-state index in [0.29, 0.717) is 12.1 Å². The largest absolute Gasteiger partial charge is 0.399 e. The van der Waals surface area contributed by atoms with Crippen LogP contribution in [0.15, 0.2) is 53.4 Å². The third-order valence-corrected chi connectivity index (χ3v) is 5.02. The van der Waals surface area contributed by atoms with Crippen LogP contribution in [0, 0.1) is 0 Å². The Morgan fingerprint density at radius 2 is 1.81 bits per heavy atom. The van der Waals surface area contributed by atoms with Gasteiger partial charge in [-0.1, -0.05) is 43.3 Å². The van der Waals surface area contributed by atoms with Crippen molar-refractivity contribution in [2.24, 2.45) is 0 Å². The summed E-state index contributed by atoms with van der Waals surface area (Å²) in [6.45, 7) is 3.75. The molecular formula is C16H20N2O2S. The fourth-order valence-corrected chi connectivity index (χ4v) is 3.80. The summed E-state index contributed by atoms with van der Waals surface area (Å²) in [5, 5.41) is 0. The Labute approximate surface area is 126 Å². The molecule has 2 aromatic carbocycles. The molecule has 0 aromatic heterocycles. The van der Waals surface area contributed by atoms with Crippen molar-refractivity contribution in [1.82, 2.24) is 4.72 Å². The van der Waals surface area contributed by atoms with Gasteiger partial charge < -0.3 is 5.73 Å². The van der Waals surface area contributed by atoms with Gasteiger partial charge in [0.15, 0.2) is 0 Å². The average Bonchev–Trinajstić information content (AvgIpc) is 2.47. The highest BCUT2D eigenvalue weighted by molar-refractivity contribution is 7.89. The summed E-state index contributed by atoms with van der Waals surface area (Å²) in [5.41, 5.74) is 7.85. The molecule has 4 nitrogen and oxygen atoms in total. The van der Waals surface area contributed by atoms with Crippen molar-refractivity contribution in [2.45, 2.75) is 31.2 Å². The monoisotopic (exact) mass is 304 g/mol. The lowest BCUT2D eigenvalue weighted by atomic mass is 10.1. The van der Waals surface area contributed by atoms with Crippen LogP contribution in [0.2, 0.25) is 0 Å². The van der Waals surface area contributed by atoms with Crippen molar-refractivity contribution >= 4 is 15.7 Å². The zero-order valence-corrected chi connectivity index (χ0v) is 13.0. The Morgan fingerprint density at radius 3 is 2.43 bits per heavy atom. The maximum Gasteiger partial charge on any atom is 0.241 e. The molecule has 2 aromatic rings. The standard InChI is InChI=1S/C16H20N2O2S/c1-3-13-9-10-15(17)11-16(13)21(19,20)18-12(2)14-7-5-4-6-8-14/h4-12,18H,3,17H2,1-2H3/t12-/m1/s1. The van der Waals surface area contributed by atoms with E-state index in [2.05, 4.69) is 4.72 Å². The number of hydrogen-bond donors (Lipinski definition) is 2. The number of nitrogens with two attached hydrogens (primary N) is 1. The van der Waals surface area contributed by atoms with Crippen LogP contribution in [0.3, 0.4) is 0 Å². The molecule has 0 amide bonds. The number of nitrogen functional groups attached to an aromatic ring is 1. The molecule has 0 aliphatic heterocycles. The lowest BCUT2D eigenvalue weighted by Crippen LogP contribution is -2.27. The first-order chi connectivity index (χ1) is 9.94. The number of anilines is 1. The Balaban J connectivity index is 2.33. The van der Waals surface area contributed by atoms with Gasteiger partial charge in [-0.2, -0.15) is 0 Å². The molecule has 0 aliphatic carbocycles. The van der Waals surface area contributed by atoms with E-state index >= 15 is 0 Å². The van der Waals surface area contributed by atoms with Crippen LogP contribution in [0.4, 0.5) is 5.69 Å². The Kier molecular flexibility index (Phi) is 4.65. The summed E-state index contributed by atoms with van der Waals surface area (Å²) in [4.78, 5) is 0.257. The van der Waals surface area contributed by atoms with Crippen LogP contribution in [0.1, 0.15) is 31.0 Å². The first-order valence-corrected chi connectivity index (χ1v) is 8.38. The summed E-state index contributed by atoms with van der Waals surface area (Å²) < 4.78 is 27.9. The topological polar surface area (TPSA) is 72.2 Å². The highest BCUT2D eigenvalue weighted by atomic mass is 32.2. The van der Waals surface area contributed by atoms with Crippen LogP contribution < -0.4 is 10.5 Å². The van der Waals surface area contributed by atoms with E-state index in [-0.39, 0.29) is 10.9 Å². The second kappa shape index (κ2) is 6.28. The molecular weight excluding hydrogens is 284 g/mol. The van der Waals surface area contributed by atoms with Gasteiger partial charge >= 0.3 is 0 Å². The second-order valence-electron chi connectivity index (χ2n) is 4.97. The molecule has 0 bridgehead atoms. The molecule has 0 spiro atoms. The van der Waals surface area contributed by atoms with Gasteiger partial charge in [0.2, 0.25) is 10.0 Å². The van der Waals surface area contributed by atoms with Gasteiger partial charge in [-0.25, -0.2) is 13.1 Å². The van der Waals surface area contributed by atoms with Crippen molar-refractivity contribution < 1.29 is 8.42 Å². The van der Waals surface area contributed by atoms with Crippen molar-refractivity contribution in [3.63, 3.8) is 0 Å². The molecule has 1 atom stereocenters. The van der Waals surface area contributed by atoms with E-state index < -0.39 is 10.0 Å². The number of aryl methyl sites for hydroxylation is 1. The highest BCUT2D eigenvalue weighted by Crippen LogP contribution is 2.22. The average molecular weight is 304 g/mol. The van der Waals surface area contributed by atoms with Crippen LogP contribution >= 0.6 is 0 Å². The van der Waals surface area contributed by atoms with E-state index in [1.807, 2.05) is 44.2 Å². The predicted molar refractivity (Wildman–Crippen MR) is 85.4 cm³/mol. The zero-order valence-electron chi connectivity index (χ0n) is 12.2. The maximum atomic E-state index is 12.6. The lowest BCUT2D eigenvalue weighted by Gasteiger charge is -2.16. The summed E-state index contributed by atoms with van der Waals surface area (Å²) in [7, 11) is -3.60. The van der Waals surface area contributed by atoms with Gasteiger partial charge in [0.05, 0.1) is 4.90 Å². The highest BCUT2D eigenvalue weighted by Gasteiger charge is 2.21. The third kappa shape index (κ3) is 3.62. The van der Waals surface area contributed by atoms with Gasteiger partial charge in [-0.3, -0.25) is 0 Å². The molecule has 21 heavy (non-hydrogen) atoms. The minimum absolute atomic E-state index is 0.257. The second-order valence-corrected chi connectivity index (χ2v) is 6.66. The molecule has 3 N–H and O–H groups in total. The molecule has 0 heterocycles. The van der Waals surface area contributed by atoms with Crippen LogP contribution in [0.25, 0.3) is 0 Å². The molecule has 0 saturated heterocycles. The molecule has 0 aliphatic rings. The first kappa shape index (κ1) is 15.5. The van der Waals surface area contributed by atoms with E-state index in [1.54, 1.807) is 12.1 Å². The van der Waals surface area contributed by atoms with Gasteiger partial charge in [-0.15, -0.1) is 0 Å². The Morgan fingerprint density at radius 1 is 1.14 bits per heavy atom. The predicted octanol–water partition coefficient (Wildman–Crippen LogP) is 2.87. The van der Waals surface area contributed by atoms with E-state index in [4.69, 9.17) is 5.73 Å². The smallest absolute Gasteiger partial charge is 0.241 e. The lowest BCUT2D eigenvalue weighted by molar-refractivity contribution is 0.566. The fourth-order valence-electron chi connectivity index (χ4n) is 2.22. The van der Waals surface area contributed by atoms with Crippen LogP contribution in [-0.4, -0.2) is 8.42 Å². The maximum absolute atomic E-state index is 12.6. The van der Waals surface area contributed by atoms with E-state index in [1.165, 1.54) is 6.07 Å². The van der Waals surface area contributed by atoms with Crippen LogP contribution in [0.5, 0.6) is 0 Å². The minimum Gasteiger partial charge on any atom is -0.399 e. The molecule has 2 rings (SSSR count). The van der Waals surface area contributed by atoms with E-state index in [0.717, 1.165) is 11.1 Å². The van der Waals surface area contributed by atoms with Crippen molar-refractivity contribution in [1.29, 1.82) is 0 Å². The molecule has 0 radical (unpaired) electrons. The van der Waals surface area contributed by atoms with E-state index in [9.17, 15) is 8.42 Å². The Bertz CT molecular complexity index is 712. The molecule has 5 heteroatoms. The summed E-state index contributed by atoms with van der Waals surface area (Å²) in [6.07, 6.45) is 0.635. The third-order valence-electron chi connectivity index (χ3n) is 3.39. The number of sulfonamides is 1. The minimum atomic E-state index is -3.60. The van der Waals surface area contributed by atoms with Gasteiger partial charge in [0.25, 0.3) is 0 Å². The zero-order chi connectivity index (χ0) is 15.5.